The molecule has 1 fully saturated rings. The molecule has 0 aliphatic carbocycles. The molecule has 0 aromatic heterocycles. The van der Waals surface area contributed by atoms with Crippen molar-refractivity contribution in [1.29, 1.82) is 0 Å². The van der Waals surface area contributed by atoms with E-state index in [2.05, 4.69) is 0 Å². The zero-order valence-electron chi connectivity index (χ0n) is 10.7. The maximum Gasteiger partial charge on any atom is 0.306 e. The van der Waals surface area contributed by atoms with E-state index < -0.39 is 5.97 Å². The van der Waals surface area contributed by atoms with Crippen LogP contribution in [0.25, 0.3) is 0 Å². The third-order valence-electron chi connectivity index (χ3n) is 3.50. The highest BCUT2D eigenvalue weighted by Crippen LogP contribution is 2.18. The Hall–Kier alpha value is -2.04. The van der Waals surface area contributed by atoms with Gasteiger partial charge in [0.15, 0.2) is 0 Å². The summed E-state index contributed by atoms with van der Waals surface area (Å²) in [6.45, 7) is 1.05. The van der Waals surface area contributed by atoms with Crippen molar-refractivity contribution >= 4 is 17.6 Å². The van der Waals surface area contributed by atoms with Crippen LogP contribution in [-0.4, -0.2) is 35.0 Å². The molecule has 1 heterocycles. The highest BCUT2D eigenvalue weighted by Gasteiger charge is 2.26. The van der Waals surface area contributed by atoms with Crippen molar-refractivity contribution in [1.82, 2.24) is 4.90 Å². The lowest BCUT2D eigenvalue weighted by atomic mass is 9.96. The van der Waals surface area contributed by atoms with Gasteiger partial charge in [-0.1, -0.05) is 12.1 Å². The molecule has 2 rings (SSSR count). The Bertz CT molecular complexity index is 479. The summed E-state index contributed by atoms with van der Waals surface area (Å²) in [6.07, 6.45) is 1.40. The second-order valence-electron chi connectivity index (χ2n) is 4.92. The quantitative estimate of drug-likeness (QED) is 0.800. The molecule has 1 aliphatic rings. The molecular weight excluding hydrogens is 244 g/mol. The number of carboxylic acids is 1. The van der Waals surface area contributed by atoms with Crippen LogP contribution in [0.4, 0.5) is 5.69 Å². The van der Waals surface area contributed by atoms with Crippen molar-refractivity contribution in [3.05, 3.63) is 29.8 Å². The van der Waals surface area contributed by atoms with Gasteiger partial charge in [0.2, 0.25) is 5.91 Å². The number of anilines is 1. The Morgan fingerprint density at radius 1 is 1.32 bits per heavy atom. The predicted octanol–water partition coefficient (Wildman–Crippen LogP) is 1.13. The Kier molecular flexibility index (Phi) is 4.04. The molecule has 5 nitrogen and oxygen atoms in total. The molecule has 102 valence electrons. The lowest BCUT2D eigenvalue weighted by Crippen LogP contribution is -2.40. The summed E-state index contributed by atoms with van der Waals surface area (Å²) >= 11 is 0. The van der Waals surface area contributed by atoms with Gasteiger partial charge in [0, 0.05) is 18.8 Å². The van der Waals surface area contributed by atoms with Crippen molar-refractivity contribution in [3.63, 3.8) is 0 Å². The number of nitrogens with zero attached hydrogens (tertiary/aromatic N) is 1. The summed E-state index contributed by atoms with van der Waals surface area (Å²) in [5.74, 6) is -1.03. The van der Waals surface area contributed by atoms with Crippen molar-refractivity contribution in [2.75, 3.05) is 18.8 Å². The van der Waals surface area contributed by atoms with Gasteiger partial charge < -0.3 is 15.7 Å². The maximum atomic E-state index is 12.1. The third kappa shape index (κ3) is 3.47. The molecule has 0 unspecified atom stereocenters. The Balaban J connectivity index is 1.90. The van der Waals surface area contributed by atoms with Crippen molar-refractivity contribution < 1.29 is 14.7 Å². The molecule has 19 heavy (non-hydrogen) atoms. The van der Waals surface area contributed by atoms with Gasteiger partial charge in [0.1, 0.15) is 0 Å². The number of nitrogens with two attached hydrogens (primary N) is 1. The number of piperidine rings is 1. The molecule has 1 aromatic rings. The van der Waals surface area contributed by atoms with Gasteiger partial charge in [-0.2, -0.15) is 0 Å². The van der Waals surface area contributed by atoms with E-state index in [1.54, 1.807) is 17.0 Å². The molecule has 0 spiro atoms. The molecule has 0 radical (unpaired) electrons. The van der Waals surface area contributed by atoms with Crippen LogP contribution in [0.1, 0.15) is 18.4 Å². The average molecular weight is 262 g/mol. The SMILES string of the molecule is Nc1cccc(CC(=O)N2CCC(C(=O)O)CC2)c1. The molecule has 0 saturated carbocycles. The number of likely N-dealkylation sites (tertiary alicyclic amines) is 1. The summed E-state index contributed by atoms with van der Waals surface area (Å²) in [5, 5.41) is 8.91. The number of amides is 1. The van der Waals surface area contributed by atoms with Gasteiger partial charge >= 0.3 is 5.97 Å². The van der Waals surface area contributed by atoms with E-state index in [9.17, 15) is 9.59 Å². The molecule has 5 heteroatoms. The number of carbonyl (C=O) groups excluding carboxylic acids is 1. The van der Waals surface area contributed by atoms with E-state index in [4.69, 9.17) is 10.8 Å². The van der Waals surface area contributed by atoms with E-state index in [0.29, 0.717) is 38.0 Å². The Morgan fingerprint density at radius 3 is 2.58 bits per heavy atom. The van der Waals surface area contributed by atoms with Crippen molar-refractivity contribution in [3.8, 4) is 0 Å². The first-order valence-electron chi connectivity index (χ1n) is 6.41. The molecule has 0 atom stereocenters. The predicted molar refractivity (Wildman–Crippen MR) is 71.5 cm³/mol. The molecule has 3 N–H and O–H groups in total. The zero-order valence-corrected chi connectivity index (χ0v) is 10.7. The van der Waals surface area contributed by atoms with Crippen LogP contribution < -0.4 is 5.73 Å². The van der Waals surface area contributed by atoms with Crippen LogP contribution in [0.15, 0.2) is 24.3 Å². The molecule has 1 saturated heterocycles. The normalized spacial score (nSPS) is 16.3. The maximum absolute atomic E-state index is 12.1. The number of carboxylic acid groups (broad SMARTS) is 1. The minimum absolute atomic E-state index is 0.0365. The number of rotatable bonds is 3. The van der Waals surface area contributed by atoms with Crippen molar-refractivity contribution in [2.45, 2.75) is 19.3 Å². The van der Waals surface area contributed by atoms with Crippen LogP contribution in [0.3, 0.4) is 0 Å². The van der Waals surface area contributed by atoms with Gasteiger partial charge in [0.05, 0.1) is 12.3 Å². The molecular formula is C14H18N2O3. The minimum atomic E-state index is -0.761. The first-order chi connectivity index (χ1) is 9.06. The van der Waals surface area contributed by atoms with Crippen LogP contribution in [0, 0.1) is 5.92 Å². The summed E-state index contributed by atoms with van der Waals surface area (Å²) in [5.41, 5.74) is 7.22. The second kappa shape index (κ2) is 5.73. The van der Waals surface area contributed by atoms with E-state index in [-0.39, 0.29) is 11.8 Å². The molecule has 1 amide bonds. The minimum Gasteiger partial charge on any atom is -0.481 e. The average Bonchev–Trinajstić information content (AvgIpc) is 2.39. The highest BCUT2D eigenvalue weighted by atomic mass is 16.4. The number of nitrogen functional groups attached to an aromatic ring is 1. The van der Waals surface area contributed by atoms with Crippen LogP contribution in [0.2, 0.25) is 0 Å². The smallest absolute Gasteiger partial charge is 0.306 e. The lowest BCUT2D eigenvalue weighted by Gasteiger charge is -2.30. The largest absolute Gasteiger partial charge is 0.481 e. The summed E-state index contributed by atoms with van der Waals surface area (Å²) in [4.78, 5) is 24.7. The summed E-state index contributed by atoms with van der Waals surface area (Å²) in [7, 11) is 0. The fourth-order valence-electron chi connectivity index (χ4n) is 2.37. The highest BCUT2D eigenvalue weighted by molar-refractivity contribution is 5.79. The fourth-order valence-corrected chi connectivity index (χ4v) is 2.37. The standard InChI is InChI=1S/C14H18N2O3/c15-12-3-1-2-10(8-12)9-13(17)16-6-4-11(5-7-16)14(18)19/h1-3,8,11H,4-7,9,15H2,(H,18,19). The fraction of sp³-hybridized carbons (Fsp3) is 0.429. The third-order valence-corrected chi connectivity index (χ3v) is 3.50. The van der Waals surface area contributed by atoms with Crippen LogP contribution in [0.5, 0.6) is 0 Å². The van der Waals surface area contributed by atoms with E-state index in [0.717, 1.165) is 5.56 Å². The van der Waals surface area contributed by atoms with Gasteiger partial charge in [-0.05, 0) is 30.5 Å². The topological polar surface area (TPSA) is 83.6 Å². The van der Waals surface area contributed by atoms with Gasteiger partial charge in [-0.15, -0.1) is 0 Å². The van der Waals surface area contributed by atoms with E-state index in [1.165, 1.54) is 0 Å². The monoisotopic (exact) mass is 262 g/mol. The first-order valence-corrected chi connectivity index (χ1v) is 6.41. The van der Waals surface area contributed by atoms with Crippen molar-refractivity contribution in [2.24, 2.45) is 5.92 Å². The first kappa shape index (κ1) is 13.4. The second-order valence-corrected chi connectivity index (χ2v) is 4.92. The number of hydrogen-bond acceptors (Lipinski definition) is 3. The Labute approximate surface area is 112 Å². The molecule has 1 aliphatic heterocycles. The van der Waals surface area contributed by atoms with Gasteiger partial charge in [-0.3, -0.25) is 9.59 Å². The summed E-state index contributed by atoms with van der Waals surface area (Å²) in [6, 6.07) is 7.28. The summed E-state index contributed by atoms with van der Waals surface area (Å²) < 4.78 is 0. The molecule has 1 aromatic carbocycles. The number of carbonyl (C=O) groups is 2. The zero-order chi connectivity index (χ0) is 13.8. The van der Waals surface area contributed by atoms with E-state index in [1.807, 2.05) is 12.1 Å². The Morgan fingerprint density at radius 2 is 2.00 bits per heavy atom. The van der Waals surface area contributed by atoms with Crippen LogP contribution in [-0.2, 0) is 16.0 Å². The van der Waals surface area contributed by atoms with Gasteiger partial charge in [-0.25, -0.2) is 0 Å². The van der Waals surface area contributed by atoms with E-state index >= 15 is 0 Å². The van der Waals surface area contributed by atoms with Gasteiger partial charge in [0.25, 0.3) is 0 Å². The number of hydrogen-bond donors (Lipinski definition) is 2. The lowest BCUT2D eigenvalue weighted by molar-refractivity contribution is -0.145. The molecule has 0 bridgehead atoms. The number of aliphatic carboxylic acids is 1. The van der Waals surface area contributed by atoms with Crippen LogP contribution >= 0.6 is 0 Å². The number of benzene rings is 1.